The second-order valence-electron chi connectivity index (χ2n) is 7.76. The molecule has 1 amide bonds. The first kappa shape index (κ1) is 19.9. The van der Waals surface area contributed by atoms with Crippen LogP contribution in [0.2, 0.25) is 0 Å². The third kappa shape index (κ3) is 5.83. The highest BCUT2D eigenvalue weighted by Gasteiger charge is 2.25. The normalized spacial score (nSPS) is 16.3. The minimum Gasteiger partial charge on any atom is -0.491 e. The van der Waals surface area contributed by atoms with Crippen molar-refractivity contribution in [2.45, 2.75) is 64.4 Å². The third-order valence-electron chi connectivity index (χ3n) is 5.38. The van der Waals surface area contributed by atoms with Gasteiger partial charge >= 0.3 is 0 Å². The Morgan fingerprint density at radius 3 is 2.52 bits per heavy atom. The Kier molecular flexibility index (Phi) is 7.33. The van der Waals surface area contributed by atoms with Crippen LogP contribution in [0.25, 0.3) is 0 Å². The van der Waals surface area contributed by atoms with Gasteiger partial charge in [0.2, 0.25) is 0 Å². The Labute approximate surface area is 167 Å². The molecule has 4 heteroatoms. The topological polar surface area (TPSA) is 38.3 Å². The molecule has 146 valence electrons. The Morgan fingerprint density at radius 2 is 1.89 bits per heavy atom. The van der Waals surface area contributed by atoms with Crippen LogP contribution < -0.4 is 10.1 Å². The first-order chi connectivity index (χ1) is 13.1. The summed E-state index contributed by atoms with van der Waals surface area (Å²) in [6, 6.07) is 12.4. The Bertz CT molecular complexity index is 688. The zero-order chi connectivity index (χ0) is 19.1. The fourth-order valence-electron chi connectivity index (χ4n) is 4.11. The van der Waals surface area contributed by atoms with Crippen molar-refractivity contribution in [2.24, 2.45) is 5.92 Å². The van der Waals surface area contributed by atoms with Crippen molar-refractivity contribution in [2.75, 3.05) is 6.54 Å². The van der Waals surface area contributed by atoms with Gasteiger partial charge in [-0.05, 0) is 74.1 Å². The van der Waals surface area contributed by atoms with E-state index in [1.165, 1.54) is 49.0 Å². The molecule has 2 aromatic rings. The maximum atomic E-state index is 12.2. The van der Waals surface area contributed by atoms with E-state index in [2.05, 4.69) is 43.4 Å². The van der Waals surface area contributed by atoms with Crippen LogP contribution in [0.1, 0.15) is 73.5 Å². The average molecular weight is 386 g/mol. The van der Waals surface area contributed by atoms with Crippen LogP contribution in [0.5, 0.6) is 5.75 Å². The van der Waals surface area contributed by atoms with Gasteiger partial charge in [0, 0.05) is 6.54 Å². The Hall–Kier alpha value is -1.81. The largest absolute Gasteiger partial charge is 0.491 e. The smallest absolute Gasteiger partial charge is 0.261 e. The van der Waals surface area contributed by atoms with Crippen molar-refractivity contribution in [1.29, 1.82) is 0 Å². The van der Waals surface area contributed by atoms with E-state index in [9.17, 15) is 4.79 Å². The van der Waals surface area contributed by atoms with Crippen molar-refractivity contribution < 1.29 is 9.53 Å². The lowest BCUT2D eigenvalue weighted by atomic mass is 9.75. The van der Waals surface area contributed by atoms with Gasteiger partial charge in [-0.25, -0.2) is 0 Å². The molecule has 27 heavy (non-hydrogen) atoms. The molecule has 1 aromatic carbocycles. The van der Waals surface area contributed by atoms with Crippen molar-refractivity contribution in [1.82, 2.24) is 5.32 Å². The molecule has 0 saturated heterocycles. The first-order valence-corrected chi connectivity index (χ1v) is 11.1. The second kappa shape index (κ2) is 9.93. The van der Waals surface area contributed by atoms with Gasteiger partial charge in [-0.3, -0.25) is 4.79 Å². The summed E-state index contributed by atoms with van der Waals surface area (Å²) in [6.45, 7) is 4.83. The van der Waals surface area contributed by atoms with Crippen molar-refractivity contribution >= 4 is 17.2 Å². The van der Waals surface area contributed by atoms with E-state index in [-0.39, 0.29) is 12.0 Å². The van der Waals surface area contributed by atoms with E-state index < -0.39 is 0 Å². The summed E-state index contributed by atoms with van der Waals surface area (Å²) in [5, 5.41) is 5.05. The molecule has 0 spiro atoms. The Morgan fingerprint density at radius 1 is 1.15 bits per heavy atom. The molecule has 1 fully saturated rings. The Balaban J connectivity index is 1.64. The molecule has 1 saturated carbocycles. The van der Waals surface area contributed by atoms with Crippen LogP contribution in [-0.4, -0.2) is 18.6 Å². The zero-order valence-electron chi connectivity index (χ0n) is 16.4. The number of rotatable bonds is 8. The minimum absolute atomic E-state index is 0.0491. The van der Waals surface area contributed by atoms with Gasteiger partial charge in [-0.2, -0.15) is 0 Å². The number of carbonyl (C=O) groups is 1. The number of benzene rings is 1. The standard InChI is InChI=1S/C23H31NO2S/c1-17(2)26-20-12-10-19(11-13-20)21(18-7-4-3-5-8-18)14-15-24-23(25)22-9-6-16-27-22/h6,9-13,16-18,21H,3-5,7-8,14-15H2,1-2H3,(H,24,25)/t21-/m0/s1. The lowest BCUT2D eigenvalue weighted by Crippen LogP contribution is -2.27. The zero-order valence-corrected chi connectivity index (χ0v) is 17.3. The molecule has 0 radical (unpaired) electrons. The van der Waals surface area contributed by atoms with Gasteiger partial charge in [0.1, 0.15) is 5.75 Å². The molecule has 1 atom stereocenters. The van der Waals surface area contributed by atoms with Gasteiger partial charge < -0.3 is 10.1 Å². The van der Waals surface area contributed by atoms with Crippen LogP contribution in [0.15, 0.2) is 41.8 Å². The summed E-state index contributed by atoms with van der Waals surface area (Å²) in [7, 11) is 0. The molecule has 1 aliphatic rings. The molecule has 1 N–H and O–H groups in total. The predicted molar refractivity (Wildman–Crippen MR) is 113 cm³/mol. The van der Waals surface area contributed by atoms with Crippen LogP contribution in [0.4, 0.5) is 0 Å². The van der Waals surface area contributed by atoms with Gasteiger partial charge in [-0.15, -0.1) is 11.3 Å². The highest BCUT2D eigenvalue weighted by atomic mass is 32.1. The van der Waals surface area contributed by atoms with E-state index in [0.717, 1.165) is 23.6 Å². The van der Waals surface area contributed by atoms with E-state index >= 15 is 0 Å². The molecule has 0 unspecified atom stereocenters. The third-order valence-corrected chi connectivity index (χ3v) is 6.25. The first-order valence-electron chi connectivity index (χ1n) is 10.2. The molecule has 3 rings (SSSR count). The molecular formula is C23H31NO2S. The summed E-state index contributed by atoms with van der Waals surface area (Å²) in [6.07, 6.45) is 7.80. The summed E-state index contributed by atoms with van der Waals surface area (Å²) >= 11 is 1.49. The van der Waals surface area contributed by atoms with Gasteiger partial charge in [0.05, 0.1) is 11.0 Å². The SMILES string of the molecule is CC(C)Oc1ccc([C@@H](CCNC(=O)c2cccs2)C2CCCCC2)cc1. The maximum Gasteiger partial charge on any atom is 0.261 e. The number of nitrogens with one attached hydrogen (secondary N) is 1. The van der Waals surface area contributed by atoms with Crippen molar-refractivity contribution in [3.63, 3.8) is 0 Å². The highest BCUT2D eigenvalue weighted by Crippen LogP contribution is 2.38. The van der Waals surface area contributed by atoms with Crippen LogP contribution >= 0.6 is 11.3 Å². The molecular weight excluding hydrogens is 354 g/mol. The monoisotopic (exact) mass is 385 g/mol. The predicted octanol–water partition coefficient (Wildman–Crippen LogP) is 6.02. The lowest BCUT2D eigenvalue weighted by molar-refractivity contribution is 0.0955. The summed E-state index contributed by atoms with van der Waals surface area (Å²) in [5.41, 5.74) is 1.38. The minimum atomic E-state index is 0.0491. The number of hydrogen-bond donors (Lipinski definition) is 1. The summed E-state index contributed by atoms with van der Waals surface area (Å²) in [4.78, 5) is 13.0. The number of hydrogen-bond acceptors (Lipinski definition) is 3. The van der Waals surface area contributed by atoms with E-state index in [1.807, 2.05) is 17.5 Å². The molecule has 0 bridgehead atoms. The number of carbonyl (C=O) groups excluding carboxylic acids is 1. The van der Waals surface area contributed by atoms with E-state index in [4.69, 9.17) is 4.74 Å². The van der Waals surface area contributed by atoms with E-state index in [1.54, 1.807) is 0 Å². The van der Waals surface area contributed by atoms with Gasteiger partial charge in [0.15, 0.2) is 0 Å². The average Bonchev–Trinajstić information content (AvgIpc) is 3.21. The van der Waals surface area contributed by atoms with Crippen LogP contribution in [0.3, 0.4) is 0 Å². The molecule has 1 aliphatic carbocycles. The number of ether oxygens (including phenoxy) is 1. The van der Waals surface area contributed by atoms with Crippen molar-refractivity contribution in [3.05, 3.63) is 52.2 Å². The van der Waals surface area contributed by atoms with Crippen LogP contribution in [-0.2, 0) is 0 Å². The summed E-state index contributed by atoms with van der Waals surface area (Å²) in [5.74, 6) is 2.20. The second-order valence-corrected chi connectivity index (χ2v) is 8.71. The fraction of sp³-hybridized carbons (Fsp3) is 0.522. The highest BCUT2D eigenvalue weighted by molar-refractivity contribution is 7.12. The van der Waals surface area contributed by atoms with Gasteiger partial charge in [-0.1, -0.05) is 37.5 Å². The number of thiophene rings is 1. The van der Waals surface area contributed by atoms with E-state index in [0.29, 0.717) is 11.8 Å². The molecule has 3 nitrogen and oxygen atoms in total. The fourth-order valence-corrected chi connectivity index (χ4v) is 4.75. The molecule has 0 aliphatic heterocycles. The van der Waals surface area contributed by atoms with Gasteiger partial charge in [0.25, 0.3) is 5.91 Å². The summed E-state index contributed by atoms with van der Waals surface area (Å²) < 4.78 is 5.79. The molecule has 1 heterocycles. The maximum absolute atomic E-state index is 12.2. The van der Waals surface area contributed by atoms with Crippen molar-refractivity contribution in [3.8, 4) is 5.75 Å². The lowest BCUT2D eigenvalue weighted by Gasteiger charge is -2.31. The molecule has 1 aromatic heterocycles. The number of amides is 1. The van der Waals surface area contributed by atoms with Crippen LogP contribution in [0, 0.1) is 5.92 Å². The quantitative estimate of drug-likeness (QED) is 0.603.